The van der Waals surface area contributed by atoms with Gasteiger partial charge in [-0.15, -0.1) is 0 Å². The molecular formula is C20H16N2O6. The highest BCUT2D eigenvalue weighted by Crippen LogP contribution is 2.29. The number of hydrogen-bond acceptors (Lipinski definition) is 6. The number of hydrogen-bond donors (Lipinski definition) is 1. The second-order valence-corrected chi connectivity index (χ2v) is 5.79. The number of esters is 1. The van der Waals surface area contributed by atoms with Crippen LogP contribution in [0.15, 0.2) is 60.7 Å². The number of nitrogens with zero attached hydrogens (tertiary/aromatic N) is 1. The Kier molecular flexibility index (Phi) is 5.50. The van der Waals surface area contributed by atoms with Gasteiger partial charge in [-0.1, -0.05) is 36.4 Å². The summed E-state index contributed by atoms with van der Waals surface area (Å²) < 4.78 is 10.2. The number of benzene rings is 3. The highest BCUT2D eigenvalue weighted by molar-refractivity contribution is 6.05. The molecule has 142 valence electrons. The molecule has 3 rings (SSSR count). The van der Waals surface area contributed by atoms with Crippen LogP contribution in [0.2, 0.25) is 0 Å². The molecule has 8 heteroatoms. The van der Waals surface area contributed by atoms with Crippen molar-refractivity contribution >= 4 is 34.0 Å². The molecule has 0 aliphatic rings. The fourth-order valence-corrected chi connectivity index (χ4v) is 2.70. The lowest BCUT2D eigenvalue weighted by Gasteiger charge is -2.11. The van der Waals surface area contributed by atoms with Gasteiger partial charge in [0, 0.05) is 6.07 Å². The Morgan fingerprint density at radius 2 is 1.82 bits per heavy atom. The second kappa shape index (κ2) is 8.17. The van der Waals surface area contributed by atoms with E-state index in [4.69, 9.17) is 9.47 Å². The van der Waals surface area contributed by atoms with Gasteiger partial charge >= 0.3 is 5.97 Å². The van der Waals surface area contributed by atoms with Crippen molar-refractivity contribution in [2.45, 2.75) is 0 Å². The van der Waals surface area contributed by atoms with Gasteiger partial charge in [-0.25, -0.2) is 4.79 Å². The number of non-ortho nitro benzene ring substituents is 1. The third-order valence-electron chi connectivity index (χ3n) is 4.01. The zero-order chi connectivity index (χ0) is 20.1. The predicted molar refractivity (Wildman–Crippen MR) is 103 cm³/mol. The van der Waals surface area contributed by atoms with E-state index in [9.17, 15) is 19.7 Å². The first-order chi connectivity index (χ1) is 13.5. The number of amides is 1. The number of nitro groups is 1. The Labute approximate surface area is 159 Å². The normalized spacial score (nSPS) is 10.3. The van der Waals surface area contributed by atoms with Gasteiger partial charge < -0.3 is 14.8 Å². The van der Waals surface area contributed by atoms with Gasteiger partial charge in [0.25, 0.3) is 11.6 Å². The minimum atomic E-state index is -0.623. The minimum absolute atomic E-state index is 0.128. The van der Waals surface area contributed by atoms with E-state index in [0.29, 0.717) is 5.56 Å². The van der Waals surface area contributed by atoms with Crippen LogP contribution in [-0.2, 0) is 9.53 Å². The molecule has 0 aromatic heterocycles. The summed E-state index contributed by atoms with van der Waals surface area (Å²) in [4.78, 5) is 34.7. The van der Waals surface area contributed by atoms with Crippen LogP contribution >= 0.6 is 0 Å². The zero-order valence-corrected chi connectivity index (χ0v) is 14.9. The molecule has 0 bridgehead atoms. The number of nitrogens with one attached hydrogen (secondary N) is 1. The molecule has 1 amide bonds. The van der Waals surface area contributed by atoms with Gasteiger partial charge in [-0.2, -0.15) is 0 Å². The second-order valence-electron chi connectivity index (χ2n) is 5.79. The summed E-state index contributed by atoms with van der Waals surface area (Å²) in [6, 6.07) is 16.4. The summed E-state index contributed by atoms with van der Waals surface area (Å²) in [7, 11) is 1.33. The lowest BCUT2D eigenvalue weighted by Crippen LogP contribution is -2.21. The summed E-state index contributed by atoms with van der Waals surface area (Å²) in [5.41, 5.74) is 0.426. The van der Waals surface area contributed by atoms with Crippen LogP contribution in [0.3, 0.4) is 0 Å². The number of methoxy groups -OCH3 is 1. The van der Waals surface area contributed by atoms with Gasteiger partial charge in [-0.3, -0.25) is 14.9 Å². The molecule has 0 heterocycles. The Balaban J connectivity index is 1.67. The standard InChI is InChI=1S/C20H16N2O6/c1-27-18-11-14(22(25)26)9-10-17(18)21-19(23)12-28-20(24)16-8-4-6-13-5-2-3-7-15(13)16/h2-11H,12H2,1H3,(H,21,23). The molecule has 28 heavy (non-hydrogen) atoms. The molecule has 1 N–H and O–H groups in total. The molecule has 0 saturated carbocycles. The first-order valence-electron chi connectivity index (χ1n) is 8.27. The zero-order valence-electron chi connectivity index (χ0n) is 14.9. The molecule has 0 atom stereocenters. The number of rotatable bonds is 6. The number of carbonyl (C=O) groups is 2. The van der Waals surface area contributed by atoms with Crippen LogP contribution in [0.5, 0.6) is 5.75 Å². The van der Waals surface area contributed by atoms with Crippen molar-refractivity contribution in [3.05, 3.63) is 76.3 Å². The van der Waals surface area contributed by atoms with Gasteiger partial charge in [-0.05, 0) is 22.9 Å². The van der Waals surface area contributed by atoms with Gasteiger partial charge in [0.2, 0.25) is 0 Å². The molecule has 0 unspecified atom stereocenters. The minimum Gasteiger partial charge on any atom is -0.494 e. The van der Waals surface area contributed by atoms with Crippen molar-refractivity contribution in [2.75, 3.05) is 19.0 Å². The van der Waals surface area contributed by atoms with E-state index in [0.717, 1.165) is 10.8 Å². The maximum absolute atomic E-state index is 12.4. The molecule has 0 spiro atoms. The van der Waals surface area contributed by atoms with Crippen molar-refractivity contribution in [2.24, 2.45) is 0 Å². The topological polar surface area (TPSA) is 108 Å². The third kappa shape index (κ3) is 4.07. The van der Waals surface area contributed by atoms with Crippen LogP contribution in [0, 0.1) is 10.1 Å². The van der Waals surface area contributed by atoms with Crippen molar-refractivity contribution in [1.29, 1.82) is 0 Å². The SMILES string of the molecule is COc1cc([N+](=O)[O-])ccc1NC(=O)COC(=O)c1cccc2ccccc12. The van der Waals surface area contributed by atoms with Crippen molar-refractivity contribution in [3.63, 3.8) is 0 Å². The third-order valence-corrected chi connectivity index (χ3v) is 4.01. The Bertz CT molecular complexity index is 1060. The fraction of sp³-hybridized carbons (Fsp3) is 0.100. The molecule has 0 fully saturated rings. The lowest BCUT2D eigenvalue weighted by molar-refractivity contribution is -0.384. The van der Waals surface area contributed by atoms with Gasteiger partial charge in [0.15, 0.2) is 6.61 Å². The maximum atomic E-state index is 12.4. The molecule has 0 saturated heterocycles. The van der Waals surface area contributed by atoms with E-state index < -0.39 is 23.4 Å². The molecule has 3 aromatic rings. The highest BCUT2D eigenvalue weighted by atomic mass is 16.6. The predicted octanol–water partition coefficient (Wildman–Crippen LogP) is 3.55. The van der Waals surface area contributed by atoms with Crippen LogP contribution in [0.25, 0.3) is 10.8 Å². The fourth-order valence-electron chi connectivity index (χ4n) is 2.70. The quantitative estimate of drug-likeness (QED) is 0.398. The van der Waals surface area contributed by atoms with E-state index in [1.54, 1.807) is 18.2 Å². The smallest absolute Gasteiger partial charge is 0.339 e. The average Bonchev–Trinajstić information content (AvgIpc) is 2.71. The largest absolute Gasteiger partial charge is 0.494 e. The first-order valence-corrected chi connectivity index (χ1v) is 8.27. The average molecular weight is 380 g/mol. The van der Waals surface area contributed by atoms with Crippen LogP contribution < -0.4 is 10.1 Å². The first kappa shape index (κ1) is 18.8. The summed E-state index contributed by atoms with van der Waals surface area (Å²) in [5.74, 6) is -1.09. The summed E-state index contributed by atoms with van der Waals surface area (Å²) >= 11 is 0. The van der Waals surface area contributed by atoms with E-state index in [1.165, 1.54) is 25.3 Å². The summed E-state index contributed by atoms with van der Waals surface area (Å²) in [5, 5.41) is 14.9. The van der Waals surface area contributed by atoms with E-state index in [1.807, 2.05) is 24.3 Å². The molecule has 3 aromatic carbocycles. The molecule has 0 radical (unpaired) electrons. The number of fused-ring (bicyclic) bond motifs is 1. The summed E-state index contributed by atoms with van der Waals surface area (Å²) in [6.45, 7) is -0.512. The highest BCUT2D eigenvalue weighted by Gasteiger charge is 2.16. The van der Waals surface area contributed by atoms with E-state index >= 15 is 0 Å². The van der Waals surface area contributed by atoms with Gasteiger partial charge in [0.05, 0.1) is 29.4 Å². The molecule has 8 nitrogen and oxygen atoms in total. The van der Waals surface area contributed by atoms with E-state index in [2.05, 4.69) is 5.32 Å². The number of carbonyl (C=O) groups excluding carboxylic acids is 2. The molecule has 0 aliphatic heterocycles. The Hall–Kier alpha value is -3.94. The van der Waals surface area contributed by atoms with Crippen LogP contribution in [-0.4, -0.2) is 30.5 Å². The van der Waals surface area contributed by atoms with Crippen LogP contribution in [0.1, 0.15) is 10.4 Å². The van der Waals surface area contributed by atoms with Crippen molar-refractivity contribution < 1.29 is 24.0 Å². The number of anilines is 1. The maximum Gasteiger partial charge on any atom is 0.339 e. The Morgan fingerprint density at radius 1 is 1.07 bits per heavy atom. The van der Waals surface area contributed by atoms with Crippen molar-refractivity contribution in [3.8, 4) is 5.75 Å². The summed E-state index contributed by atoms with van der Waals surface area (Å²) in [6.07, 6.45) is 0. The Morgan fingerprint density at radius 3 is 2.57 bits per heavy atom. The van der Waals surface area contributed by atoms with Crippen molar-refractivity contribution in [1.82, 2.24) is 0 Å². The van der Waals surface area contributed by atoms with Crippen LogP contribution in [0.4, 0.5) is 11.4 Å². The monoisotopic (exact) mass is 380 g/mol. The lowest BCUT2D eigenvalue weighted by atomic mass is 10.1. The number of ether oxygens (including phenoxy) is 2. The van der Waals surface area contributed by atoms with Gasteiger partial charge in [0.1, 0.15) is 5.75 Å². The number of nitro benzene ring substituents is 1. The van der Waals surface area contributed by atoms with E-state index in [-0.39, 0.29) is 17.1 Å². The molecule has 0 aliphatic carbocycles. The molecular weight excluding hydrogens is 364 g/mol.